The van der Waals surface area contributed by atoms with E-state index in [0.29, 0.717) is 6.04 Å². The van der Waals surface area contributed by atoms with E-state index in [1.807, 2.05) is 0 Å². The minimum Gasteiger partial charge on any atom is -0.298 e. The Morgan fingerprint density at radius 2 is 2.00 bits per heavy atom. The molecule has 2 unspecified atom stereocenters. The van der Waals surface area contributed by atoms with Crippen molar-refractivity contribution in [2.75, 3.05) is 0 Å². The van der Waals surface area contributed by atoms with Gasteiger partial charge in [0.1, 0.15) is 0 Å². The van der Waals surface area contributed by atoms with Gasteiger partial charge < -0.3 is 0 Å². The lowest BCUT2D eigenvalue weighted by molar-refractivity contribution is 0.387. The predicted octanol–water partition coefficient (Wildman–Crippen LogP) is 4.13. The number of rotatable bonds is 2. The maximum absolute atomic E-state index is 4.23. The molecule has 0 aliphatic heterocycles. The Hall–Kier alpha value is -0.820. The SMILES string of the molecule is C=C1CCCCC1NC1(C)C=C(C)C(C)=C1C. The highest BCUT2D eigenvalue weighted by molar-refractivity contribution is 5.48. The Morgan fingerprint density at radius 1 is 1.29 bits per heavy atom. The summed E-state index contributed by atoms with van der Waals surface area (Å²) in [4.78, 5) is 0. The summed E-state index contributed by atoms with van der Waals surface area (Å²) in [5, 5.41) is 3.82. The lowest BCUT2D eigenvalue weighted by Crippen LogP contribution is -2.48. The number of nitrogens with one attached hydrogen (secondary N) is 1. The largest absolute Gasteiger partial charge is 0.298 e. The molecule has 1 fully saturated rings. The van der Waals surface area contributed by atoms with E-state index in [1.54, 1.807) is 0 Å². The maximum Gasteiger partial charge on any atom is 0.0564 e. The second kappa shape index (κ2) is 4.45. The molecule has 17 heavy (non-hydrogen) atoms. The van der Waals surface area contributed by atoms with Crippen LogP contribution in [0.15, 0.2) is 34.9 Å². The molecule has 1 nitrogen and oxygen atoms in total. The molecule has 0 aromatic carbocycles. The normalized spacial score (nSPS) is 34.2. The van der Waals surface area contributed by atoms with Crippen LogP contribution >= 0.6 is 0 Å². The highest BCUT2D eigenvalue weighted by Crippen LogP contribution is 2.35. The van der Waals surface area contributed by atoms with Gasteiger partial charge in [-0.2, -0.15) is 0 Å². The van der Waals surface area contributed by atoms with Gasteiger partial charge in [0.15, 0.2) is 0 Å². The van der Waals surface area contributed by atoms with Gasteiger partial charge in [0.2, 0.25) is 0 Å². The third kappa shape index (κ3) is 2.26. The molecule has 2 rings (SSSR count). The third-order valence-corrected chi connectivity index (χ3v) is 4.65. The Balaban J connectivity index is 2.16. The first kappa shape index (κ1) is 12.6. The van der Waals surface area contributed by atoms with Crippen LogP contribution in [0.3, 0.4) is 0 Å². The Bertz CT molecular complexity index is 400. The van der Waals surface area contributed by atoms with Gasteiger partial charge in [-0.1, -0.05) is 30.2 Å². The molecule has 0 aromatic rings. The van der Waals surface area contributed by atoms with Crippen LogP contribution in [-0.2, 0) is 0 Å². The second-order valence-corrected chi connectivity index (χ2v) is 5.88. The minimum absolute atomic E-state index is 0.0408. The quantitative estimate of drug-likeness (QED) is 0.705. The van der Waals surface area contributed by atoms with E-state index in [9.17, 15) is 0 Å². The van der Waals surface area contributed by atoms with E-state index in [0.717, 1.165) is 0 Å². The van der Waals surface area contributed by atoms with E-state index in [4.69, 9.17) is 0 Å². The molecule has 0 saturated heterocycles. The zero-order chi connectivity index (χ0) is 12.6. The van der Waals surface area contributed by atoms with Crippen molar-refractivity contribution in [2.24, 2.45) is 0 Å². The molecule has 0 amide bonds. The summed E-state index contributed by atoms with van der Waals surface area (Å²) in [6, 6.07) is 0.499. The number of hydrogen-bond acceptors (Lipinski definition) is 1. The maximum atomic E-state index is 4.23. The standard InChI is InChI=1S/C16H25N/c1-11-8-6-7-9-15(11)17-16(5)10-12(2)13(3)14(16)4/h10,15,17H,1,6-9H2,2-5H3. The zero-order valence-electron chi connectivity index (χ0n) is 11.7. The first-order chi connectivity index (χ1) is 7.94. The van der Waals surface area contributed by atoms with Gasteiger partial charge in [-0.25, -0.2) is 0 Å². The Labute approximate surface area is 106 Å². The summed E-state index contributed by atoms with van der Waals surface area (Å²) in [7, 11) is 0. The molecule has 2 aliphatic carbocycles. The average Bonchev–Trinajstić information content (AvgIpc) is 2.47. The second-order valence-electron chi connectivity index (χ2n) is 5.88. The molecule has 0 bridgehead atoms. The summed E-state index contributed by atoms with van der Waals surface area (Å²) in [5.74, 6) is 0. The molecule has 0 heterocycles. The van der Waals surface area contributed by atoms with Crippen LogP contribution in [0.4, 0.5) is 0 Å². The smallest absolute Gasteiger partial charge is 0.0564 e. The van der Waals surface area contributed by atoms with Crippen molar-refractivity contribution >= 4 is 0 Å². The van der Waals surface area contributed by atoms with Crippen LogP contribution in [-0.4, -0.2) is 11.6 Å². The minimum atomic E-state index is 0.0408. The van der Waals surface area contributed by atoms with E-state index in [2.05, 4.69) is 45.7 Å². The van der Waals surface area contributed by atoms with Crippen molar-refractivity contribution in [2.45, 2.75) is 65.0 Å². The van der Waals surface area contributed by atoms with Gasteiger partial charge in [-0.3, -0.25) is 5.32 Å². The van der Waals surface area contributed by atoms with Crippen molar-refractivity contribution in [3.63, 3.8) is 0 Å². The molecule has 1 N–H and O–H groups in total. The molecule has 1 heteroatoms. The summed E-state index contributed by atoms with van der Waals surface area (Å²) in [5.41, 5.74) is 5.76. The van der Waals surface area contributed by atoms with Crippen LogP contribution in [0.5, 0.6) is 0 Å². The molecule has 94 valence electrons. The van der Waals surface area contributed by atoms with Crippen molar-refractivity contribution in [1.29, 1.82) is 0 Å². The van der Waals surface area contributed by atoms with Crippen LogP contribution in [0.25, 0.3) is 0 Å². The predicted molar refractivity (Wildman–Crippen MR) is 75.1 cm³/mol. The van der Waals surface area contributed by atoms with E-state index in [1.165, 1.54) is 48.0 Å². The van der Waals surface area contributed by atoms with E-state index < -0.39 is 0 Å². The lowest BCUT2D eigenvalue weighted by atomic mass is 9.87. The summed E-state index contributed by atoms with van der Waals surface area (Å²) < 4.78 is 0. The highest BCUT2D eigenvalue weighted by Gasteiger charge is 2.33. The summed E-state index contributed by atoms with van der Waals surface area (Å²) in [6.45, 7) is 13.2. The molecule has 0 spiro atoms. The average molecular weight is 231 g/mol. The molecule has 0 radical (unpaired) electrons. The first-order valence-corrected chi connectivity index (χ1v) is 6.77. The Kier molecular flexibility index (Phi) is 3.31. The fourth-order valence-corrected chi connectivity index (χ4v) is 3.10. The van der Waals surface area contributed by atoms with E-state index >= 15 is 0 Å². The topological polar surface area (TPSA) is 12.0 Å². The summed E-state index contributed by atoms with van der Waals surface area (Å²) >= 11 is 0. The van der Waals surface area contributed by atoms with Gasteiger partial charge in [0, 0.05) is 6.04 Å². The number of allylic oxidation sites excluding steroid dienone is 2. The van der Waals surface area contributed by atoms with Crippen molar-refractivity contribution in [1.82, 2.24) is 5.32 Å². The van der Waals surface area contributed by atoms with Gasteiger partial charge in [0.25, 0.3) is 0 Å². The van der Waals surface area contributed by atoms with Crippen LogP contribution < -0.4 is 5.32 Å². The fraction of sp³-hybridized carbons (Fsp3) is 0.625. The molecular weight excluding hydrogens is 206 g/mol. The fourth-order valence-electron chi connectivity index (χ4n) is 3.10. The van der Waals surface area contributed by atoms with Gasteiger partial charge in [-0.15, -0.1) is 0 Å². The van der Waals surface area contributed by atoms with Crippen molar-refractivity contribution < 1.29 is 0 Å². The first-order valence-electron chi connectivity index (χ1n) is 6.77. The van der Waals surface area contributed by atoms with Crippen molar-refractivity contribution in [3.8, 4) is 0 Å². The van der Waals surface area contributed by atoms with Gasteiger partial charge in [0.05, 0.1) is 5.54 Å². The van der Waals surface area contributed by atoms with Crippen LogP contribution in [0.1, 0.15) is 53.4 Å². The highest BCUT2D eigenvalue weighted by atomic mass is 15.0. The monoisotopic (exact) mass is 231 g/mol. The molecule has 2 atom stereocenters. The van der Waals surface area contributed by atoms with Gasteiger partial charge in [-0.05, 0) is 58.1 Å². The van der Waals surface area contributed by atoms with Crippen LogP contribution in [0, 0.1) is 0 Å². The van der Waals surface area contributed by atoms with Crippen LogP contribution in [0.2, 0.25) is 0 Å². The summed E-state index contributed by atoms with van der Waals surface area (Å²) in [6.07, 6.45) is 7.46. The molecule has 1 saturated carbocycles. The van der Waals surface area contributed by atoms with Crippen molar-refractivity contribution in [3.05, 3.63) is 34.9 Å². The molecule has 0 aromatic heterocycles. The molecular formula is C16H25N. The van der Waals surface area contributed by atoms with Gasteiger partial charge >= 0.3 is 0 Å². The molecule has 2 aliphatic rings. The number of hydrogen-bond donors (Lipinski definition) is 1. The Morgan fingerprint density at radius 3 is 2.53 bits per heavy atom. The zero-order valence-corrected chi connectivity index (χ0v) is 11.7. The van der Waals surface area contributed by atoms with E-state index in [-0.39, 0.29) is 5.54 Å². The third-order valence-electron chi connectivity index (χ3n) is 4.65. The lowest BCUT2D eigenvalue weighted by Gasteiger charge is -2.35.